The lowest BCUT2D eigenvalue weighted by Gasteiger charge is -2.11. The van der Waals surface area contributed by atoms with Crippen LogP contribution in [0.2, 0.25) is 0 Å². The SMILES string of the molecule is Cc1ccc(C2(O)CC2)cc1C(F)F. The first kappa shape index (κ1) is 9.59. The molecule has 2 rings (SSSR count). The zero-order chi connectivity index (χ0) is 10.3. The summed E-state index contributed by atoms with van der Waals surface area (Å²) in [5.74, 6) is 0. The normalized spacial score (nSPS) is 18.6. The molecule has 1 N–H and O–H groups in total. The van der Waals surface area contributed by atoms with Crippen molar-refractivity contribution in [1.82, 2.24) is 0 Å². The topological polar surface area (TPSA) is 20.2 Å². The van der Waals surface area contributed by atoms with Gasteiger partial charge in [0, 0.05) is 5.56 Å². The van der Waals surface area contributed by atoms with Crippen LogP contribution >= 0.6 is 0 Å². The van der Waals surface area contributed by atoms with Crippen LogP contribution < -0.4 is 0 Å². The predicted molar refractivity (Wildman–Crippen MR) is 49.3 cm³/mol. The highest BCUT2D eigenvalue weighted by molar-refractivity contribution is 5.37. The van der Waals surface area contributed by atoms with Crippen LogP contribution in [0.4, 0.5) is 8.78 Å². The number of halogens is 2. The molecule has 0 radical (unpaired) electrons. The molecule has 0 unspecified atom stereocenters. The van der Waals surface area contributed by atoms with Crippen LogP contribution in [0.15, 0.2) is 18.2 Å². The second kappa shape index (κ2) is 3.02. The molecule has 3 heteroatoms. The Labute approximate surface area is 81.4 Å². The fourth-order valence-corrected chi connectivity index (χ4v) is 1.57. The lowest BCUT2D eigenvalue weighted by atomic mass is 10.0. The third-order valence-electron chi connectivity index (χ3n) is 2.78. The molecule has 1 aliphatic carbocycles. The van der Waals surface area contributed by atoms with E-state index in [9.17, 15) is 13.9 Å². The number of aliphatic hydroxyl groups is 1. The lowest BCUT2D eigenvalue weighted by molar-refractivity contribution is 0.144. The molecule has 1 nitrogen and oxygen atoms in total. The third kappa shape index (κ3) is 1.52. The molecule has 0 bridgehead atoms. The molecule has 0 amide bonds. The second-order valence-electron chi connectivity index (χ2n) is 3.90. The van der Waals surface area contributed by atoms with Crippen molar-refractivity contribution in [3.05, 3.63) is 34.9 Å². The minimum Gasteiger partial charge on any atom is -0.385 e. The van der Waals surface area contributed by atoms with Crippen LogP contribution in [0, 0.1) is 6.92 Å². The van der Waals surface area contributed by atoms with E-state index in [2.05, 4.69) is 0 Å². The number of rotatable bonds is 2. The number of hydrogen-bond donors (Lipinski definition) is 1. The Morgan fingerprint density at radius 1 is 1.36 bits per heavy atom. The molecule has 76 valence electrons. The van der Waals surface area contributed by atoms with Gasteiger partial charge >= 0.3 is 0 Å². The van der Waals surface area contributed by atoms with Crippen LogP contribution in [0.3, 0.4) is 0 Å². The van der Waals surface area contributed by atoms with Gasteiger partial charge in [-0.15, -0.1) is 0 Å². The van der Waals surface area contributed by atoms with E-state index in [0.717, 1.165) is 0 Å². The molecule has 0 heterocycles. The first-order valence-electron chi connectivity index (χ1n) is 4.64. The molecule has 0 aliphatic heterocycles. The highest BCUT2D eigenvalue weighted by atomic mass is 19.3. The molecule has 0 atom stereocenters. The van der Waals surface area contributed by atoms with Crippen molar-refractivity contribution < 1.29 is 13.9 Å². The van der Waals surface area contributed by atoms with Crippen LogP contribution in [-0.4, -0.2) is 5.11 Å². The Balaban J connectivity index is 2.41. The van der Waals surface area contributed by atoms with Crippen molar-refractivity contribution in [3.63, 3.8) is 0 Å². The summed E-state index contributed by atoms with van der Waals surface area (Å²) < 4.78 is 25.1. The Morgan fingerprint density at radius 2 is 2.00 bits per heavy atom. The highest BCUT2D eigenvalue weighted by Gasteiger charge is 2.42. The molecular weight excluding hydrogens is 186 g/mol. The Hall–Kier alpha value is -0.960. The van der Waals surface area contributed by atoms with Crippen molar-refractivity contribution >= 4 is 0 Å². The van der Waals surface area contributed by atoms with E-state index < -0.39 is 12.0 Å². The van der Waals surface area contributed by atoms with Gasteiger partial charge in [-0.1, -0.05) is 12.1 Å². The average molecular weight is 198 g/mol. The van der Waals surface area contributed by atoms with Gasteiger partial charge in [0.05, 0.1) is 5.60 Å². The maximum Gasteiger partial charge on any atom is 0.264 e. The van der Waals surface area contributed by atoms with Gasteiger partial charge in [0.2, 0.25) is 0 Å². The molecule has 0 spiro atoms. The van der Waals surface area contributed by atoms with E-state index in [1.165, 1.54) is 6.07 Å². The molecule has 1 saturated carbocycles. The summed E-state index contributed by atoms with van der Waals surface area (Å²) in [5.41, 5.74) is 0.409. The van der Waals surface area contributed by atoms with Gasteiger partial charge in [-0.05, 0) is 37.0 Å². The van der Waals surface area contributed by atoms with E-state index in [4.69, 9.17) is 0 Å². The van der Waals surface area contributed by atoms with Crippen molar-refractivity contribution in [2.24, 2.45) is 0 Å². The molecule has 0 saturated heterocycles. The lowest BCUT2D eigenvalue weighted by Crippen LogP contribution is -2.05. The smallest absolute Gasteiger partial charge is 0.264 e. The van der Waals surface area contributed by atoms with E-state index in [1.54, 1.807) is 19.1 Å². The van der Waals surface area contributed by atoms with Gasteiger partial charge in [0.15, 0.2) is 0 Å². The molecular formula is C11H12F2O. The first-order valence-corrected chi connectivity index (χ1v) is 4.64. The monoisotopic (exact) mass is 198 g/mol. The summed E-state index contributed by atoms with van der Waals surface area (Å²) in [6.45, 7) is 1.65. The van der Waals surface area contributed by atoms with Crippen molar-refractivity contribution in [3.8, 4) is 0 Å². The van der Waals surface area contributed by atoms with Gasteiger partial charge in [-0.25, -0.2) is 8.78 Å². The quantitative estimate of drug-likeness (QED) is 0.774. The minimum absolute atomic E-state index is 0.0304. The van der Waals surface area contributed by atoms with E-state index in [-0.39, 0.29) is 5.56 Å². The maximum atomic E-state index is 12.5. The highest BCUT2D eigenvalue weighted by Crippen LogP contribution is 2.46. The molecule has 1 aromatic rings. The largest absolute Gasteiger partial charge is 0.385 e. The number of benzene rings is 1. The summed E-state index contributed by atoms with van der Waals surface area (Å²) in [5, 5.41) is 9.75. The van der Waals surface area contributed by atoms with Crippen LogP contribution in [0.1, 0.15) is 36.0 Å². The summed E-state index contributed by atoms with van der Waals surface area (Å²) in [6.07, 6.45) is -1.10. The average Bonchev–Trinajstić information content (AvgIpc) is 2.85. The van der Waals surface area contributed by atoms with Gasteiger partial charge in [-0.2, -0.15) is 0 Å². The van der Waals surface area contributed by atoms with Crippen LogP contribution in [0.5, 0.6) is 0 Å². The van der Waals surface area contributed by atoms with Crippen molar-refractivity contribution in [2.45, 2.75) is 31.8 Å². The second-order valence-corrected chi connectivity index (χ2v) is 3.90. The van der Waals surface area contributed by atoms with E-state index in [1.807, 2.05) is 0 Å². The summed E-state index contributed by atoms with van der Waals surface area (Å²) in [6, 6.07) is 4.80. The van der Waals surface area contributed by atoms with E-state index in [0.29, 0.717) is 24.0 Å². The summed E-state index contributed by atoms with van der Waals surface area (Å²) in [4.78, 5) is 0. The molecule has 14 heavy (non-hydrogen) atoms. The summed E-state index contributed by atoms with van der Waals surface area (Å²) in [7, 11) is 0. The minimum atomic E-state index is -2.46. The van der Waals surface area contributed by atoms with Gasteiger partial charge < -0.3 is 5.11 Å². The van der Waals surface area contributed by atoms with Gasteiger partial charge in [0.1, 0.15) is 0 Å². The molecule has 0 aromatic heterocycles. The summed E-state index contributed by atoms with van der Waals surface area (Å²) >= 11 is 0. The van der Waals surface area contributed by atoms with E-state index >= 15 is 0 Å². The van der Waals surface area contributed by atoms with Crippen molar-refractivity contribution in [1.29, 1.82) is 0 Å². The Morgan fingerprint density at radius 3 is 2.50 bits per heavy atom. The van der Waals surface area contributed by atoms with Gasteiger partial charge in [-0.3, -0.25) is 0 Å². The molecule has 1 aromatic carbocycles. The van der Waals surface area contributed by atoms with Crippen LogP contribution in [-0.2, 0) is 5.60 Å². The number of aryl methyl sites for hydroxylation is 1. The maximum absolute atomic E-state index is 12.5. The number of alkyl halides is 2. The Kier molecular flexibility index (Phi) is 2.07. The molecule has 1 fully saturated rings. The van der Waals surface area contributed by atoms with Crippen molar-refractivity contribution in [2.75, 3.05) is 0 Å². The predicted octanol–water partition coefficient (Wildman–Crippen LogP) is 2.91. The molecule has 1 aliphatic rings. The number of hydrogen-bond acceptors (Lipinski definition) is 1. The third-order valence-corrected chi connectivity index (χ3v) is 2.78. The fraction of sp³-hybridized carbons (Fsp3) is 0.455. The Bertz CT molecular complexity index is 356. The zero-order valence-electron chi connectivity index (χ0n) is 7.93. The fourth-order valence-electron chi connectivity index (χ4n) is 1.57. The first-order chi connectivity index (χ1) is 6.53. The van der Waals surface area contributed by atoms with Crippen LogP contribution in [0.25, 0.3) is 0 Å². The standard InChI is InChI=1S/C11H12F2O/c1-7-2-3-8(11(14)4-5-11)6-9(7)10(12)13/h2-3,6,10,14H,4-5H2,1H3. The van der Waals surface area contributed by atoms with Gasteiger partial charge in [0.25, 0.3) is 6.43 Å². The zero-order valence-corrected chi connectivity index (χ0v) is 7.93.